The Morgan fingerprint density at radius 2 is 1.89 bits per heavy atom. The summed E-state index contributed by atoms with van der Waals surface area (Å²) in [6, 6.07) is 9.15. The van der Waals surface area contributed by atoms with E-state index in [9.17, 15) is 14.7 Å². The van der Waals surface area contributed by atoms with E-state index in [1.54, 1.807) is 0 Å². The van der Waals surface area contributed by atoms with E-state index in [0.717, 1.165) is 31.4 Å². The van der Waals surface area contributed by atoms with Gasteiger partial charge in [0.15, 0.2) is 0 Å². The zero-order chi connectivity index (χ0) is 19.1. The van der Waals surface area contributed by atoms with Gasteiger partial charge in [0, 0.05) is 6.54 Å². The number of benzene rings is 1. The van der Waals surface area contributed by atoms with E-state index in [0.29, 0.717) is 25.8 Å². The van der Waals surface area contributed by atoms with E-state index in [4.69, 9.17) is 4.74 Å². The maximum Gasteiger partial charge on any atom is 0.408 e. The zero-order valence-corrected chi connectivity index (χ0v) is 16.8. The number of amides is 2. The Hall–Kier alpha value is -1.83. The summed E-state index contributed by atoms with van der Waals surface area (Å²) in [7, 11) is 0. The van der Waals surface area contributed by atoms with Gasteiger partial charge < -0.3 is 25.8 Å². The average molecular weight is 412 g/mol. The number of halogens is 1. The van der Waals surface area contributed by atoms with Crippen LogP contribution < -0.4 is 16.0 Å². The van der Waals surface area contributed by atoms with Gasteiger partial charge in [-0.3, -0.25) is 4.79 Å². The maximum absolute atomic E-state index is 13.0. The number of hydrogen-bond acceptors (Lipinski definition) is 5. The zero-order valence-electron chi connectivity index (χ0n) is 16.0. The van der Waals surface area contributed by atoms with Crippen LogP contribution in [0.1, 0.15) is 44.1 Å². The van der Waals surface area contributed by atoms with Gasteiger partial charge in [0.25, 0.3) is 0 Å². The maximum atomic E-state index is 13.0. The molecule has 8 heteroatoms. The highest BCUT2D eigenvalue weighted by Crippen LogP contribution is 2.29. The quantitative estimate of drug-likeness (QED) is 0.592. The average Bonchev–Trinajstić information content (AvgIpc) is 2.69. The molecule has 2 fully saturated rings. The minimum Gasteiger partial charge on any atom is -0.445 e. The van der Waals surface area contributed by atoms with E-state index in [2.05, 4.69) is 16.0 Å². The molecule has 1 aliphatic carbocycles. The van der Waals surface area contributed by atoms with Crippen LogP contribution in [-0.2, 0) is 16.1 Å². The molecule has 1 aliphatic heterocycles. The van der Waals surface area contributed by atoms with Crippen LogP contribution in [0, 0.1) is 0 Å². The number of carbonyl (C=O) groups excluding carboxylic acids is 2. The number of carbonyl (C=O) groups is 2. The van der Waals surface area contributed by atoms with Gasteiger partial charge in [0.05, 0.1) is 12.1 Å². The summed E-state index contributed by atoms with van der Waals surface area (Å²) < 4.78 is 5.33. The van der Waals surface area contributed by atoms with E-state index >= 15 is 0 Å². The Morgan fingerprint density at radius 1 is 1.18 bits per heavy atom. The van der Waals surface area contributed by atoms with Crippen LogP contribution in [0.2, 0.25) is 0 Å². The monoisotopic (exact) mass is 411 g/mol. The van der Waals surface area contributed by atoms with Crippen LogP contribution in [-0.4, -0.2) is 47.9 Å². The van der Waals surface area contributed by atoms with Crippen molar-refractivity contribution in [3.05, 3.63) is 35.9 Å². The topological polar surface area (TPSA) is 99.7 Å². The van der Waals surface area contributed by atoms with E-state index in [1.165, 1.54) is 0 Å². The van der Waals surface area contributed by atoms with Crippen LogP contribution in [0.15, 0.2) is 30.3 Å². The lowest BCUT2D eigenvalue weighted by molar-refractivity contribution is -0.130. The third-order valence-electron chi connectivity index (χ3n) is 5.46. The minimum atomic E-state index is -0.962. The van der Waals surface area contributed by atoms with E-state index in [1.807, 2.05) is 30.3 Å². The molecule has 0 spiro atoms. The van der Waals surface area contributed by atoms with Crippen LogP contribution in [0.4, 0.5) is 4.79 Å². The fourth-order valence-electron chi connectivity index (χ4n) is 3.84. The van der Waals surface area contributed by atoms with Gasteiger partial charge in [-0.25, -0.2) is 4.79 Å². The Labute approximate surface area is 172 Å². The molecule has 0 bridgehead atoms. The molecule has 2 amide bonds. The minimum absolute atomic E-state index is 0. The fourth-order valence-corrected chi connectivity index (χ4v) is 3.84. The van der Waals surface area contributed by atoms with Gasteiger partial charge in [-0.05, 0) is 31.4 Å². The van der Waals surface area contributed by atoms with Crippen LogP contribution in [0.3, 0.4) is 0 Å². The molecule has 156 valence electrons. The number of β-amino-alcohol motifs (C(OH)–C–C–N with tert-alkyl or cyclic N) is 1. The van der Waals surface area contributed by atoms with Crippen molar-refractivity contribution in [2.75, 3.05) is 13.1 Å². The lowest BCUT2D eigenvalue weighted by atomic mass is 9.80. The molecule has 0 aromatic heterocycles. The largest absolute Gasteiger partial charge is 0.445 e. The van der Waals surface area contributed by atoms with Crippen LogP contribution in [0.25, 0.3) is 0 Å². The number of alkyl carbamates (subject to hydrolysis) is 1. The summed E-state index contributed by atoms with van der Waals surface area (Å²) in [5.41, 5.74) is -0.0657. The highest BCUT2D eigenvalue weighted by atomic mass is 35.5. The van der Waals surface area contributed by atoms with Crippen molar-refractivity contribution < 1.29 is 19.4 Å². The third kappa shape index (κ3) is 5.83. The van der Waals surface area contributed by atoms with E-state index in [-0.39, 0.29) is 31.0 Å². The molecule has 4 N–H and O–H groups in total. The number of hydrogen-bond donors (Lipinski definition) is 4. The summed E-state index contributed by atoms with van der Waals surface area (Å²) in [6.45, 7) is 1.38. The molecule has 2 unspecified atom stereocenters. The van der Waals surface area contributed by atoms with E-state index < -0.39 is 17.7 Å². The van der Waals surface area contributed by atoms with Crippen molar-refractivity contribution in [3.8, 4) is 0 Å². The van der Waals surface area contributed by atoms with Gasteiger partial charge in [-0.15, -0.1) is 12.4 Å². The number of aliphatic hydroxyl groups excluding tert-OH is 1. The number of nitrogens with one attached hydrogen (secondary N) is 3. The lowest BCUT2D eigenvalue weighted by Gasteiger charge is -2.38. The van der Waals surface area contributed by atoms with Crippen molar-refractivity contribution in [1.29, 1.82) is 0 Å². The molecule has 1 saturated carbocycles. The first-order valence-corrected chi connectivity index (χ1v) is 9.78. The SMILES string of the molecule is Cl.O=C(NC1(C(=O)NC2CCNCC2O)CCCCC1)OCc1ccccc1. The molecule has 2 aliphatic rings. The van der Waals surface area contributed by atoms with Gasteiger partial charge in [0.2, 0.25) is 5.91 Å². The molecule has 1 heterocycles. The first kappa shape index (κ1) is 22.5. The van der Waals surface area contributed by atoms with Crippen molar-refractivity contribution >= 4 is 24.4 Å². The summed E-state index contributed by atoms with van der Waals surface area (Å²) in [5.74, 6) is -0.218. The Kier molecular flexibility index (Phi) is 8.54. The highest BCUT2D eigenvalue weighted by Gasteiger charge is 2.42. The number of rotatable bonds is 5. The Bertz CT molecular complexity index is 638. The molecule has 0 radical (unpaired) electrons. The standard InChI is InChI=1S/C20H29N3O4.ClH/c24-17-13-21-12-9-16(17)22-18(25)20(10-5-2-6-11-20)23-19(26)27-14-15-7-3-1-4-8-15;/h1,3-4,7-8,16-17,21,24H,2,5-6,9-14H2,(H,22,25)(H,23,26);1H. The van der Waals surface area contributed by atoms with Gasteiger partial charge in [-0.2, -0.15) is 0 Å². The molecule has 1 aromatic carbocycles. The third-order valence-corrected chi connectivity index (χ3v) is 5.46. The number of piperidine rings is 1. The van der Waals surface area contributed by atoms with Crippen LogP contribution in [0.5, 0.6) is 0 Å². The van der Waals surface area contributed by atoms with Crippen molar-refractivity contribution in [2.24, 2.45) is 0 Å². The number of ether oxygens (including phenoxy) is 1. The molecule has 3 rings (SSSR count). The summed E-state index contributed by atoms with van der Waals surface area (Å²) in [5, 5.41) is 19.0. The highest BCUT2D eigenvalue weighted by molar-refractivity contribution is 5.90. The molecular formula is C20H30ClN3O4. The number of aliphatic hydroxyl groups is 1. The predicted octanol–water partition coefficient (Wildman–Crippen LogP) is 1.88. The van der Waals surface area contributed by atoms with Crippen molar-refractivity contribution in [3.63, 3.8) is 0 Å². The van der Waals surface area contributed by atoms with Crippen molar-refractivity contribution in [1.82, 2.24) is 16.0 Å². The first-order valence-electron chi connectivity index (χ1n) is 9.78. The molecule has 2 atom stereocenters. The first-order chi connectivity index (χ1) is 13.1. The Balaban J connectivity index is 0.00000280. The fraction of sp³-hybridized carbons (Fsp3) is 0.600. The smallest absolute Gasteiger partial charge is 0.408 e. The summed E-state index contributed by atoms with van der Waals surface area (Å²) in [6.07, 6.45) is 3.44. The summed E-state index contributed by atoms with van der Waals surface area (Å²) in [4.78, 5) is 25.4. The second-order valence-electron chi connectivity index (χ2n) is 7.47. The molecule has 7 nitrogen and oxygen atoms in total. The lowest BCUT2D eigenvalue weighted by Crippen LogP contribution is -2.63. The Morgan fingerprint density at radius 3 is 2.57 bits per heavy atom. The molecule has 1 saturated heterocycles. The predicted molar refractivity (Wildman–Crippen MR) is 108 cm³/mol. The van der Waals surface area contributed by atoms with Crippen LogP contribution >= 0.6 is 12.4 Å². The van der Waals surface area contributed by atoms with Gasteiger partial charge >= 0.3 is 6.09 Å². The second kappa shape index (κ2) is 10.6. The normalized spacial score (nSPS) is 23.8. The van der Waals surface area contributed by atoms with Gasteiger partial charge in [-0.1, -0.05) is 49.6 Å². The molecule has 1 aromatic rings. The molecular weight excluding hydrogens is 382 g/mol. The summed E-state index contributed by atoms with van der Waals surface area (Å²) >= 11 is 0. The van der Waals surface area contributed by atoms with Crippen molar-refractivity contribution in [2.45, 2.75) is 62.8 Å². The molecule has 28 heavy (non-hydrogen) atoms. The second-order valence-corrected chi connectivity index (χ2v) is 7.47. The van der Waals surface area contributed by atoms with Gasteiger partial charge in [0.1, 0.15) is 12.1 Å².